The zero-order chi connectivity index (χ0) is 19.9. The van der Waals surface area contributed by atoms with Gasteiger partial charge in [-0.25, -0.2) is 9.78 Å². The van der Waals surface area contributed by atoms with Crippen molar-refractivity contribution in [3.8, 4) is 0 Å². The molecule has 3 heterocycles. The number of aryl methyl sites for hydroxylation is 1. The Bertz CT molecular complexity index is 1030. The Labute approximate surface area is 165 Å². The highest BCUT2D eigenvalue weighted by molar-refractivity contribution is 9.10. The summed E-state index contributed by atoms with van der Waals surface area (Å²) in [5.74, 6) is -1.20. The summed E-state index contributed by atoms with van der Waals surface area (Å²) in [6.45, 7) is 1.70. The first-order valence-corrected chi connectivity index (χ1v) is 9.15. The van der Waals surface area contributed by atoms with E-state index in [1.54, 1.807) is 13.0 Å². The Morgan fingerprint density at radius 1 is 1.15 bits per heavy atom. The number of furan rings is 1. The van der Waals surface area contributed by atoms with Crippen LogP contribution in [0.25, 0.3) is 6.08 Å². The van der Waals surface area contributed by atoms with Crippen molar-refractivity contribution < 1.29 is 18.8 Å². The van der Waals surface area contributed by atoms with Crippen LogP contribution >= 0.6 is 27.7 Å². The minimum atomic E-state index is -0.713. The molecule has 4 amide bonds. The summed E-state index contributed by atoms with van der Waals surface area (Å²) in [7, 11) is 2.58. The van der Waals surface area contributed by atoms with E-state index < -0.39 is 17.8 Å². The number of imide groups is 2. The highest BCUT2D eigenvalue weighted by atomic mass is 79.9. The molecule has 1 aliphatic heterocycles. The number of halogens is 1. The lowest BCUT2D eigenvalue weighted by Gasteiger charge is -2.28. The van der Waals surface area contributed by atoms with E-state index >= 15 is 0 Å². The number of hydrogen-bond donors (Lipinski definition) is 1. The molecule has 0 aliphatic carbocycles. The van der Waals surface area contributed by atoms with E-state index in [0.29, 0.717) is 20.4 Å². The van der Waals surface area contributed by atoms with Gasteiger partial charge >= 0.3 is 6.03 Å². The highest BCUT2D eigenvalue weighted by Gasteiger charge is 2.38. The van der Waals surface area contributed by atoms with Crippen molar-refractivity contribution >= 4 is 51.6 Å². The minimum absolute atomic E-state index is 0.195. The average molecular weight is 453 g/mol. The van der Waals surface area contributed by atoms with Crippen molar-refractivity contribution in [2.45, 2.75) is 17.2 Å². The predicted molar refractivity (Wildman–Crippen MR) is 99.0 cm³/mol. The Balaban J connectivity index is 1.93. The van der Waals surface area contributed by atoms with Crippen molar-refractivity contribution in [2.75, 3.05) is 14.1 Å². The number of H-pyrrole nitrogens is 1. The normalized spacial score (nSPS) is 15.0. The molecule has 2 aromatic heterocycles. The summed E-state index contributed by atoms with van der Waals surface area (Å²) in [6, 6.07) is 2.24. The Morgan fingerprint density at radius 3 is 2.37 bits per heavy atom. The molecule has 0 spiro atoms. The molecule has 1 fully saturated rings. The number of urea groups is 1. The fraction of sp³-hybridized carbons (Fsp3) is 0.188. The number of nitrogens with zero attached hydrogens (tertiary/aromatic N) is 3. The van der Waals surface area contributed by atoms with Crippen LogP contribution in [0.5, 0.6) is 0 Å². The van der Waals surface area contributed by atoms with Gasteiger partial charge in [-0.3, -0.25) is 24.2 Å². The largest absolute Gasteiger partial charge is 0.449 e. The molecule has 1 saturated heterocycles. The van der Waals surface area contributed by atoms with Gasteiger partial charge in [-0.15, -0.1) is 0 Å². The molecule has 1 aliphatic rings. The third-order valence-electron chi connectivity index (χ3n) is 3.64. The summed E-state index contributed by atoms with van der Waals surface area (Å²) < 4.78 is 6.20. The van der Waals surface area contributed by atoms with Crippen molar-refractivity contribution in [3.05, 3.63) is 44.0 Å². The van der Waals surface area contributed by atoms with E-state index in [1.165, 1.54) is 26.2 Å². The number of amides is 4. The molecular weight excluding hydrogens is 440 g/mol. The number of rotatable bonds is 3. The van der Waals surface area contributed by atoms with Gasteiger partial charge in [-0.2, -0.15) is 0 Å². The molecule has 140 valence electrons. The smallest absolute Gasteiger partial charge is 0.333 e. The molecule has 0 aromatic carbocycles. The number of aromatic amines is 1. The van der Waals surface area contributed by atoms with Crippen LogP contribution in [0, 0.1) is 6.92 Å². The zero-order valence-electron chi connectivity index (χ0n) is 14.4. The molecule has 0 atom stereocenters. The SMILES string of the molecule is Cc1cc(=O)[nH]c(Sc2oc(C=C3C(=O)N(C)C(=O)N(C)C3=O)cc2Br)n1. The van der Waals surface area contributed by atoms with E-state index in [9.17, 15) is 19.2 Å². The number of nitrogens with one attached hydrogen (secondary N) is 1. The first kappa shape index (κ1) is 19.1. The topological polar surface area (TPSA) is 117 Å². The van der Waals surface area contributed by atoms with Crippen LogP contribution in [-0.4, -0.2) is 51.7 Å². The molecule has 1 N–H and O–H groups in total. The molecule has 9 nitrogen and oxygen atoms in total. The number of aromatic nitrogens is 2. The van der Waals surface area contributed by atoms with Gasteiger partial charge in [0.15, 0.2) is 10.2 Å². The van der Waals surface area contributed by atoms with E-state index in [0.717, 1.165) is 21.6 Å². The van der Waals surface area contributed by atoms with Gasteiger partial charge in [-0.05, 0) is 46.8 Å². The van der Waals surface area contributed by atoms with Gasteiger partial charge in [-0.1, -0.05) is 0 Å². The van der Waals surface area contributed by atoms with E-state index in [1.807, 2.05) is 0 Å². The highest BCUT2D eigenvalue weighted by Crippen LogP contribution is 2.35. The van der Waals surface area contributed by atoms with Crippen LogP contribution in [0.15, 0.2) is 41.6 Å². The number of carbonyl (C=O) groups excluding carboxylic acids is 3. The molecule has 2 aromatic rings. The first-order chi connectivity index (χ1) is 12.7. The lowest BCUT2D eigenvalue weighted by Crippen LogP contribution is -2.52. The van der Waals surface area contributed by atoms with E-state index in [-0.39, 0.29) is 16.9 Å². The van der Waals surface area contributed by atoms with Crippen LogP contribution in [0.4, 0.5) is 4.79 Å². The molecule has 0 unspecified atom stereocenters. The summed E-state index contributed by atoms with van der Waals surface area (Å²) in [6.07, 6.45) is 1.27. The minimum Gasteiger partial charge on any atom is -0.449 e. The Kier molecular flexibility index (Phi) is 5.07. The fourth-order valence-electron chi connectivity index (χ4n) is 2.31. The Hall–Kier alpha value is -2.66. The maximum Gasteiger partial charge on any atom is 0.333 e. The molecule has 3 rings (SSSR count). The average Bonchev–Trinajstić information content (AvgIpc) is 2.93. The second kappa shape index (κ2) is 7.16. The van der Waals surface area contributed by atoms with Gasteiger partial charge < -0.3 is 9.40 Å². The second-order valence-electron chi connectivity index (χ2n) is 5.65. The summed E-state index contributed by atoms with van der Waals surface area (Å²) >= 11 is 4.41. The van der Waals surface area contributed by atoms with Crippen molar-refractivity contribution in [2.24, 2.45) is 0 Å². The monoisotopic (exact) mass is 452 g/mol. The van der Waals surface area contributed by atoms with Crippen molar-refractivity contribution in [1.82, 2.24) is 19.8 Å². The maximum absolute atomic E-state index is 12.2. The standard InChI is InChI=1S/C16H13BrN4O5S/c1-7-4-11(22)19-15(18-7)27-14-10(17)6-8(26-14)5-9-12(23)20(2)16(25)21(3)13(9)24/h4-6H,1-3H3,(H,18,19,22). The summed E-state index contributed by atoms with van der Waals surface area (Å²) in [5.41, 5.74) is 0.0732. The van der Waals surface area contributed by atoms with Gasteiger partial charge in [0.25, 0.3) is 17.4 Å². The quantitative estimate of drug-likeness (QED) is 0.429. The molecule has 0 saturated carbocycles. The molecular formula is C16H13BrN4O5S. The van der Waals surface area contributed by atoms with Gasteiger partial charge in [0.2, 0.25) is 0 Å². The molecule has 0 radical (unpaired) electrons. The van der Waals surface area contributed by atoms with E-state index in [2.05, 4.69) is 25.9 Å². The van der Waals surface area contributed by atoms with Crippen LogP contribution in [0.3, 0.4) is 0 Å². The van der Waals surface area contributed by atoms with Crippen LogP contribution in [0.1, 0.15) is 11.5 Å². The number of likely N-dealkylation sites (N-methyl/N-ethyl adjacent to an activating group) is 2. The third kappa shape index (κ3) is 3.74. The van der Waals surface area contributed by atoms with Crippen molar-refractivity contribution in [3.63, 3.8) is 0 Å². The fourth-order valence-corrected chi connectivity index (χ4v) is 3.68. The lowest BCUT2D eigenvalue weighted by atomic mass is 10.1. The summed E-state index contributed by atoms with van der Waals surface area (Å²) in [5, 5.41) is 0.716. The maximum atomic E-state index is 12.2. The van der Waals surface area contributed by atoms with E-state index in [4.69, 9.17) is 4.42 Å². The third-order valence-corrected chi connectivity index (χ3v) is 5.37. The predicted octanol–water partition coefficient (Wildman–Crippen LogP) is 2.02. The molecule has 11 heteroatoms. The number of hydrogen-bond acceptors (Lipinski definition) is 7. The van der Waals surface area contributed by atoms with Crippen LogP contribution < -0.4 is 5.56 Å². The van der Waals surface area contributed by atoms with Gasteiger partial charge in [0, 0.05) is 25.9 Å². The molecule has 27 heavy (non-hydrogen) atoms. The van der Waals surface area contributed by atoms with Crippen LogP contribution in [0.2, 0.25) is 0 Å². The van der Waals surface area contributed by atoms with Gasteiger partial charge in [0.1, 0.15) is 11.3 Å². The molecule has 0 bridgehead atoms. The van der Waals surface area contributed by atoms with Crippen molar-refractivity contribution in [1.29, 1.82) is 0 Å². The first-order valence-electron chi connectivity index (χ1n) is 7.54. The number of barbiturate groups is 1. The Morgan fingerprint density at radius 2 is 1.78 bits per heavy atom. The second-order valence-corrected chi connectivity index (χ2v) is 7.46. The zero-order valence-corrected chi connectivity index (χ0v) is 16.8. The summed E-state index contributed by atoms with van der Waals surface area (Å²) in [4.78, 5) is 56.3. The number of carbonyl (C=O) groups is 3. The van der Waals surface area contributed by atoms with Gasteiger partial charge in [0.05, 0.1) is 4.47 Å². The lowest BCUT2D eigenvalue weighted by molar-refractivity contribution is -0.134. The van der Waals surface area contributed by atoms with Crippen LogP contribution in [-0.2, 0) is 9.59 Å².